The van der Waals surface area contributed by atoms with Crippen molar-refractivity contribution in [3.05, 3.63) is 71.4 Å². The van der Waals surface area contributed by atoms with Crippen molar-refractivity contribution in [2.75, 3.05) is 0 Å². The summed E-state index contributed by atoms with van der Waals surface area (Å²) in [7, 11) is 1.97. The Balaban J connectivity index is 2.00. The highest BCUT2D eigenvalue weighted by Gasteiger charge is 2.19. The summed E-state index contributed by atoms with van der Waals surface area (Å²) in [6.07, 6.45) is 3.53. The van der Waals surface area contributed by atoms with Gasteiger partial charge in [0, 0.05) is 42.4 Å². The standard InChI is InChI=1S/C22H21FN4/c1-13-8-15(11-24)9-14(2)20(13)21-22(27(3)12-26-21)18-6-7-25-19-10-16(23)4-5-17(18)19/h4-10,12H,11,24H2,1-3H3. The van der Waals surface area contributed by atoms with Crippen molar-refractivity contribution in [3.63, 3.8) is 0 Å². The minimum absolute atomic E-state index is 0.290. The summed E-state index contributed by atoms with van der Waals surface area (Å²) < 4.78 is 15.6. The van der Waals surface area contributed by atoms with Gasteiger partial charge in [0.1, 0.15) is 5.82 Å². The number of rotatable bonds is 3. The number of aromatic nitrogens is 3. The van der Waals surface area contributed by atoms with Crippen molar-refractivity contribution in [2.45, 2.75) is 20.4 Å². The average molecular weight is 360 g/mol. The number of fused-ring (bicyclic) bond motifs is 1. The van der Waals surface area contributed by atoms with E-state index in [9.17, 15) is 4.39 Å². The molecule has 4 nitrogen and oxygen atoms in total. The van der Waals surface area contributed by atoms with Crippen LogP contribution in [-0.4, -0.2) is 14.5 Å². The lowest BCUT2D eigenvalue weighted by Gasteiger charge is -2.14. The van der Waals surface area contributed by atoms with Gasteiger partial charge in [0.25, 0.3) is 0 Å². The predicted octanol–water partition coefficient (Wildman–Crippen LogP) is 4.52. The first-order valence-electron chi connectivity index (χ1n) is 8.86. The molecule has 0 saturated carbocycles. The van der Waals surface area contributed by atoms with Gasteiger partial charge in [0.2, 0.25) is 0 Å². The molecule has 0 aliphatic heterocycles. The first kappa shape index (κ1) is 17.4. The molecule has 0 amide bonds. The fourth-order valence-electron chi connectivity index (χ4n) is 3.80. The van der Waals surface area contributed by atoms with Crippen molar-refractivity contribution in [1.82, 2.24) is 14.5 Å². The SMILES string of the molecule is Cc1cc(CN)cc(C)c1-c1ncn(C)c1-c1ccnc2cc(F)ccc12. The molecule has 0 radical (unpaired) electrons. The van der Waals surface area contributed by atoms with Gasteiger partial charge >= 0.3 is 0 Å². The quantitative estimate of drug-likeness (QED) is 0.584. The zero-order valence-corrected chi connectivity index (χ0v) is 15.6. The van der Waals surface area contributed by atoms with Gasteiger partial charge in [0.05, 0.1) is 23.2 Å². The zero-order chi connectivity index (χ0) is 19.1. The third-order valence-corrected chi connectivity index (χ3v) is 4.96. The van der Waals surface area contributed by atoms with Crippen LogP contribution >= 0.6 is 0 Å². The van der Waals surface area contributed by atoms with Gasteiger partial charge in [0.15, 0.2) is 0 Å². The summed E-state index contributed by atoms with van der Waals surface area (Å²) in [5, 5.41) is 0.901. The molecule has 4 aromatic rings. The lowest BCUT2D eigenvalue weighted by Crippen LogP contribution is -2.00. The molecule has 0 aliphatic carbocycles. The molecule has 5 heteroatoms. The van der Waals surface area contributed by atoms with Crippen LogP contribution in [0.4, 0.5) is 4.39 Å². The summed E-state index contributed by atoms with van der Waals surface area (Å²) in [6, 6.07) is 10.9. The van der Waals surface area contributed by atoms with E-state index in [2.05, 4.69) is 31.0 Å². The lowest BCUT2D eigenvalue weighted by molar-refractivity contribution is 0.629. The van der Waals surface area contributed by atoms with Gasteiger partial charge < -0.3 is 10.3 Å². The lowest BCUT2D eigenvalue weighted by atomic mass is 9.93. The number of aryl methyl sites for hydroxylation is 3. The van der Waals surface area contributed by atoms with Crippen LogP contribution in [-0.2, 0) is 13.6 Å². The molecule has 27 heavy (non-hydrogen) atoms. The summed E-state index contributed by atoms with van der Waals surface area (Å²) >= 11 is 0. The summed E-state index contributed by atoms with van der Waals surface area (Å²) in [5.41, 5.74) is 13.8. The first-order chi connectivity index (χ1) is 13.0. The van der Waals surface area contributed by atoms with Gasteiger partial charge in [-0.2, -0.15) is 0 Å². The van der Waals surface area contributed by atoms with Crippen molar-refractivity contribution in [3.8, 4) is 22.5 Å². The second-order valence-corrected chi connectivity index (χ2v) is 6.88. The molecular formula is C22H21FN4. The molecule has 0 aliphatic rings. The van der Waals surface area contributed by atoms with Gasteiger partial charge in [-0.05, 0) is 48.7 Å². The maximum atomic E-state index is 13.6. The average Bonchev–Trinajstić information content (AvgIpc) is 3.01. The molecular weight excluding hydrogens is 339 g/mol. The Kier molecular flexibility index (Phi) is 4.24. The van der Waals surface area contributed by atoms with E-state index in [1.807, 2.05) is 24.0 Å². The summed E-state index contributed by atoms with van der Waals surface area (Å²) in [6.45, 7) is 4.68. The van der Waals surface area contributed by atoms with Gasteiger partial charge in [-0.1, -0.05) is 12.1 Å². The largest absolute Gasteiger partial charge is 0.333 e. The van der Waals surface area contributed by atoms with Crippen LogP contribution in [0.15, 0.2) is 48.9 Å². The molecule has 2 heterocycles. The predicted molar refractivity (Wildman–Crippen MR) is 107 cm³/mol. The number of halogens is 1. The second kappa shape index (κ2) is 6.59. The zero-order valence-electron chi connectivity index (χ0n) is 15.6. The van der Waals surface area contributed by atoms with Crippen LogP contribution < -0.4 is 5.73 Å². The van der Waals surface area contributed by atoms with E-state index < -0.39 is 0 Å². The maximum absolute atomic E-state index is 13.6. The van der Waals surface area contributed by atoms with Gasteiger partial charge in [-0.3, -0.25) is 4.98 Å². The number of hydrogen-bond donors (Lipinski definition) is 1. The third-order valence-electron chi connectivity index (χ3n) is 4.96. The Bertz CT molecular complexity index is 1140. The van der Waals surface area contributed by atoms with Crippen LogP contribution in [0.25, 0.3) is 33.4 Å². The van der Waals surface area contributed by atoms with Crippen LogP contribution in [0.1, 0.15) is 16.7 Å². The molecule has 4 rings (SSSR count). The first-order valence-corrected chi connectivity index (χ1v) is 8.86. The summed E-state index contributed by atoms with van der Waals surface area (Å²) in [5.74, 6) is -0.290. The Morgan fingerprint density at radius 2 is 1.78 bits per heavy atom. The molecule has 0 atom stereocenters. The van der Waals surface area contributed by atoms with Gasteiger partial charge in [-0.15, -0.1) is 0 Å². The minimum atomic E-state index is -0.290. The van der Waals surface area contributed by atoms with E-state index >= 15 is 0 Å². The highest BCUT2D eigenvalue weighted by atomic mass is 19.1. The van der Waals surface area contributed by atoms with Crippen LogP contribution in [0.3, 0.4) is 0 Å². The smallest absolute Gasteiger partial charge is 0.125 e. The van der Waals surface area contributed by atoms with Gasteiger partial charge in [-0.25, -0.2) is 9.37 Å². The molecule has 0 unspecified atom stereocenters. The molecule has 2 aromatic heterocycles. The highest BCUT2D eigenvalue weighted by Crippen LogP contribution is 2.37. The molecule has 0 spiro atoms. The van der Waals surface area contributed by atoms with Crippen LogP contribution in [0, 0.1) is 19.7 Å². The number of nitrogens with two attached hydrogens (primary N) is 1. The van der Waals surface area contributed by atoms with E-state index in [4.69, 9.17) is 10.7 Å². The number of pyridine rings is 1. The summed E-state index contributed by atoms with van der Waals surface area (Å²) in [4.78, 5) is 9.02. The molecule has 0 bridgehead atoms. The Morgan fingerprint density at radius 3 is 2.48 bits per heavy atom. The monoisotopic (exact) mass is 360 g/mol. The molecule has 136 valence electrons. The van der Waals surface area contributed by atoms with E-state index in [1.54, 1.807) is 12.3 Å². The Labute approximate surface area is 157 Å². The maximum Gasteiger partial charge on any atom is 0.125 e. The molecule has 0 saturated heterocycles. The Hall–Kier alpha value is -3.05. The number of benzene rings is 2. The van der Waals surface area contributed by atoms with Crippen LogP contribution in [0.2, 0.25) is 0 Å². The van der Waals surface area contributed by atoms with Crippen molar-refractivity contribution >= 4 is 10.9 Å². The van der Waals surface area contributed by atoms with Crippen molar-refractivity contribution < 1.29 is 4.39 Å². The Morgan fingerprint density at radius 1 is 1.04 bits per heavy atom. The molecule has 2 N–H and O–H groups in total. The van der Waals surface area contributed by atoms with E-state index in [-0.39, 0.29) is 5.82 Å². The normalized spacial score (nSPS) is 11.3. The van der Waals surface area contributed by atoms with Crippen LogP contribution in [0.5, 0.6) is 0 Å². The minimum Gasteiger partial charge on any atom is -0.333 e. The van der Waals surface area contributed by atoms with E-state index in [1.165, 1.54) is 12.1 Å². The van der Waals surface area contributed by atoms with E-state index in [0.717, 1.165) is 44.6 Å². The number of nitrogens with zero attached hydrogens (tertiary/aromatic N) is 3. The third kappa shape index (κ3) is 2.90. The topological polar surface area (TPSA) is 56.7 Å². The molecule has 0 fully saturated rings. The fraction of sp³-hybridized carbons (Fsp3) is 0.182. The van der Waals surface area contributed by atoms with Crippen molar-refractivity contribution in [2.24, 2.45) is 12.8 Å². The fourth-order valence-corrected chi connectivity index (χ4v) is 3.80. The highest BCUT2D eigenvalue weighted by molar-refractivity contribution is 5.97. The number of hydrogen-bond acceptors (Lipinski definition) is 3. The molecule has 2 aromatic carbocycles. The van der Waals surface area contributed by atoms with Crippen molar-refractivity contribution in [1.29, 1.82) is 0 Å². The van der Waals surface area contributed by atoms with E-state index in [0.29, 0.717) is 12.1 Å². The number of imidazole rings is 1. The second-order valence-electron chi connectivity index (χ2n) is 6.88.